The van der Waals surface area contributed by atoms with Gasteiger partial charge in [0.1, 0.15) is 11.6 Å². The number of likely N-dealkylation sites (tertiary alicyclic amines) is 2. The number of piperidine rings is 1. The van der Waals surface area contributed by atoms with E-state index < -0.39 is 35.4 Å². The van der Waals surface area contributed by atoms with Crippen molar-refractivity contribution in [2.24, 2.45) is 5.41 Å². The minimum atomic E-state index is -4.94. The van der Waals surface area contributed by atoms with Gasteiger partial charge in [0, 0.05) is 57.9 Å². The molecule has 1 aliphatic carbocycles. The SMILES string of the molecule is CNC(=O)N1C[C@H](N(C(=O)NCc2ccc(OC(F)(F)F)cc2F)C2CC2)CC2(CN(C)C2=O)C1. The molecule has 1 aromatic rings. The summed E-state index contributed by atoms with van der Waals surface area (Å²) in [7, 11) is 3.19. The second kappa shape index (κ2) is 9.08. The van der Waals surface area contributed by atoms with Crippen LogP contribution in [0, 0.1) is 11.2 Å². The van der Waals surface area contributed by atoms with Gasteiger partial charge in [0.2, 0.25) is 5.91 Å². The maximum absolute atomic E-state index is 14.3. The number of carbonyl (C=O) groups is 3. The summed E-state index contributed by atoms with van der Waals surface area (Å²) in [5.74, 6) is -1.72. The maximum Gasteiger partial charge on any atom is 0.573 e. The molecule has 1 aromatic carbocycles. The van der Waals surface area contributed by atoms with Gasteiger partial charge in [-0.1, -0.05) is 6.07 Å². The Bertz CT molecular complexity index is 1020. The van der Waals surface area contributed by atoms with Crippen LogP contribution in [0.15, 0.2) is 18.2 Å². The van der Waals surface area contributed by atoms with E-state index in [-0.39, 0.29) is 43.2 Å². The normalized spacial score (nSPS) is 24.2. The summed E-state index contributed by atoms with van der Waals surface area (Å²) in [6.07, 6.45) is -3.00. The van der Waals surface area contributed by atoms with Crippen LogP contribution in [0.5, 0.6) is 5.75 Å². The Kier molecular flexibility index (Phi) is 6.45. The van der Waals surface area contributed by atoms with Gasteiger partial charge in [-0.3, -0.25) is 4.79 Å². The van der Waals surface area contributed by atoms with Gasteiger partial charge in [0.05, 0.1) is 11.5 Å². The Morgan fingerprint density at radius 2 is 1.94 bits per heavy atom. The van der Waals surface area contributed by atoms with Crippen LogP contribution < -0.4 is 15.4 Å². The van der Waals surface area contributed by atoms with E-state index in [0.717, 1.165) is 25.0 Å². The van der Waals surface area contributed by atoms with Gasteiger partial charge < -0.3 is 30.1 Å². The van der Waals surface area contributed by atoms with Crippen molar-refractivity contribution in [1.82, 2.24) is 25.3 Å². The molecule has 9 nitrogen and oxygen atoms in total. The molecule has 0 aromatic heterocycles. The van der Waals surface area contributed by atoms with Crippen LogP contribution in [0.4, 0.5) is 27.2 Å². The average molecular weight is 501 g/mol. The standard InChI is InChI=1S/C22H27F4N5O4/c1-27-19(33)30-10-15(8-21(12-30)11-29(2)18(21)32)31(14-4-5-14)20(34)28-9-13-3-6-16(7-17(13)23)35-22(24,25)26/h3,6-7,14-15H,4-5,8-12H2,1-2H3,(H,27,33)(H,28,34)/t15-,21?/m1/s1. The van der Waals surface area contributed by atoms with Crippen LogP contribution in [0.25, 0.3) is 0 Å². The number of urea groups is 2. The Hall–Kier alpha value is -3.25. The van der Waals surface area contributed by atoms with Crippen LogP contribution in [-0.4, -0.2) is 84.8 Å². The molecule has 1 spiro atoms. The molecule has 0 bridgehead atoms. The van der Waals surface area contributed by atoms with Crippen molar-refractivity contribution in [3.05, 3.63) is 29.6 Å². The molecular formula is C22H27F4N5O4. The third-order valence-electron chi connectivity index (χ3n) is 6.65. The highest BCUT2D eigenvalue weighted by molar-refractivity contribution is 5.90. The number of amides is 5. The third kappa shape index (κ3) is 5.22. The molecule has 35 heavy (non-hydrogen) atoms. The third-order valence-corrected chi connectivity index (χ3v) is 6.65. The first-order chi connectivity index (χ1) is 16.4. The van der Waals surface area contributed by atoms with Gasteiger partial charge in [0.15, 0.2) is 0 Å². The first kappa shape index (κ1) is 24.9. The van der Waals surface area contributed by atoms with E-state index >= 15 is 0 Å². The second-order valence-electron chi connectivity index (χ2n) is 9.33. The van der Waals surface area contributed by atoms with Crippen LogP contribution in [0.2, 0.25) is 0 Å². The molecular weight excluding hydrogens is 474 g/mol. The van der Waals surface area contributed by atoms with Crippen LogP contribution in [0.3, 0.4) is 0 Å². The van der Waals surface area contributed by atoms with Gasteiger partial charge in [0.25, 0.3) is 0 Å². The Morgan fingerprint density at radius 1 is 1.23 bits per heavy atom. The highest BCUT2D eigenvalue weighted by atomic mass is 19.4. The highest BCUT2D eigenvalue weighted by Crippen LogP contribution is 2.43. The first-order valence-corrected chi connectivity index (χ1v) is 11.2. The van der Waals surface area contributed by atoms with Crippen LogP contribution in [-0.2, 0) is 11.3 Å². The predicted octanol–water partition coefficient (Wildman–Crippen LogP) is 2.27. The molecule has 2 saturated heterocycles. The molecule has 0 radical (unpaired) electrons. The summed E-state index contributed by atoms with van der Waals surface area (Å²) < 4.78 is 55.1. The second-order valence-corrected chi connectivity index (χ2v) is 9.33. The van der Waals surface area contributed by atoms with E-state index in [0.29, 0.717) is 19.0 Å². The largest absolute Gasteiger partial charge is 0.573 e. The zero-order valence-electron chi connectivity index (χ0n) is 19.3. The number of ether oxygens (including phenoxy) is 1. The van der Waals surface area contributed by atoms with Crippen molar-refractivity contribution >= 4 is 18.0 Å². The monoisotopic (exact) mass is 501 g/mol. The molecule has 1 saturated carbocycles. The molecule has 2 atom stereocenters. The van der Waals surface area contributed by atoms with Gasteiger partial charge >= 0.3 is 18.4 Å². The first-order valence-electron chi connectivity index (χ1n) is 11.2. The topological polar surface area (TPSA) is 94.2 Å². The summed E-state index contributed by atoms with van der Waals surface area (Å²) in [4.78, 5) is 43.1. The number of β-lactam (4-membered cyclic amide) rings is 1. The lowest BCUT2D eigenvalue weighted by molar-refractivity contribution is -0.274. The molecule has 3 fully saturated rings. The van der Waals surface area contributed by atoms with E-state index in [1.807, 2.05) is 0 Å². The highest BCUT2D eigenvalue weighted by Gasteiger charge is 2.57. The maximum atomic E-state index is 14.3. The smallest absolute Gasteiger partial charge is 0.406 e. The molecule has 2 aliphatic heterocycles. The van der Waals surface area contributed by atoms with Crippen molar-refractivity contribution in [2.45, 2.75) is 44.3 Å². The van der Waals surface area contributed by atoms with Crippen LogP contribution in [0.1, 0.15) is 24.8 Å². The fourth-order valence-corrected chi connectivity index (χ4v) is 5.05. The molecule has 5 amide bonds. The minimum absolute atomic E-state index is 0.00785. The number of carbonyl (C=O) groups excluding carboxylic acids is 3. The van der Waals surface area contributed by atoms with E-state index in [4.69, 9.17) is 0 Å². The molecule has 192 valence electrons. The summed E-state index contributed by atoms with van der Waals surface area (Å²) >= 11 is 0. The summed E-state index contributed by atoms with van der Waals surface area (Å²) in [6.45, 7) is 0.747. The lowest BCUT2D eigenvalue weighted by Crippen LogP contribution is -2.71. The van der Waals surface area contributed by atoms with Crippen LogP contribution >= 0.6 is 0 Å². The van der Waals surface area contributed by atoms with Crippen molar-refractivity contribution < 1.29 is 36.7 Å². The summed E-state index contributed by atoms with van der Waals surface area (Å²) in [5, 5.41) is 5.21. The number of nitrogens with zero attached hydrogens (tertiary/aromatic N) is 3. The fraction of sp³-hybridized carbons (Fsp3) is 0.591. The number of halogens is 4. The number of hydrogen-bond acceptors (Lipinski definition) is 4. The van der Waals surface area contributed by atoms with E-state index in [9.17, 15) is 31.9 Å². The van der Waals surface area contributed by atoms with Crippen molar-refractivity contribution in [2.75, 3.05) is 33.7 Å². The number of alkyl halides is 3. The minimum Gasteiger partial charge on any atom is -0.406 e. The summed E-state index contributed by atoms with van der Waals surface area (Å²) in [6, 6.07) is 1.39. The number of nitrogens with one attached hydrogen (secondary N) is 2. The number of hydrogen-bond donors (Lipinski definition) is 2. The fourth-order valence-electron chi connectivity index (χ4n) is 5.05. The molecule has 2 heterocycles. The van der Waals surface area contributed by atoms with Crippen molar-refractivity contribution in [3.8, 4) is 5.75 Å². The van der Waals surface area contributed by atoms with Crippen molar-refractivity contribution in [1.29, 1.82) is 0 Å². The van der Waals surface area contributed by atoms with Gasteiger partial charge in [-0.25, -0.2) is 14.0 Å². The quantitative estimate of drug-likeness (QED) is 0.478. The molecule has 2 N–H and O–H groups in total. The molecule has 3 aliphatic rings. The number of rotatable bonds is 5. The lowest BCUT2D eigenvalue weighted by Gasteiger charge is -2.55. The van der Waals surface area contributed by atoms with Crippen molar-refractivity contribution in [3.63, 3.8) is 0 Å². The zero-order valence-corrected chi connectivity index (χ0v) is 19.3. The lowest BCUT2D eigenvalue weighted by atomic mass is 9.71. The Balaban J connectivity index is 1.47. The van der Waals surface area contributed by atoms with E-state index in [2.05, 4.69) is 15.4 Å². The van der Waals surface area contributed by atoms with E-state index in [1.54, 1.807) is 21.7 Å². The Morgan fingerprint density at radius 3 is 2.49 bits per heavy atom. The van der Waals surface area contributed by atoms with E-state index in [1.165, 1.54) is 7.05 Å². The summed E-state index contributed by atoms with van der Waals surface area (Å²) in [5.41, 5.74) is -0.760. The number of benzene rings is 1. The predicted molar refractivity (Wildman–Crippen MR) is 115 cm³/mol. The van der Waals surface area contributed by atoms with Gasteiger partial charge in [-0.15, -0.1) is 13.2 Å². The van der Waals surface area contributed by atoms with Gasteiger partial charge in [-0.2, -0.15) is 0 Å². The Labute approximate surface area is 199 Å². The van der Waals surface area contributed by atoms with Gasteiger partial charge in [-0.05, 0) is 25.3 Å². The molecule has 1 unspecified atom stereocenters. The molecule has 4 rings (SSSR count). The molecule has 13 heteroatoms. The average Bonchev–Trinajstić information content (AvgIpc) is 3.61. The zero-order chi connectivity index (χ0) is 25.5.